The summed E-state index contributed by atoms with van der Waals surface area (Å²) in [7, 11) is 0. The first-order chi connectivity index (χ1) is 8.97. The summed E-state index contributed by atoms with van der Waals surface area (Å²) in [4.78, 5) is 0. The molecule has 0 heterocycles. The smallest absolute Gasteiger partial charge is 0.124 e. The summed E-state index contributed by atoms with van der Waals surface area (Å²) in [6.45, 7) is 0. The van der Waals surface area contributed by atoms with Crippen molar-refractivity contribution < 1.29 is 4.39 Å². The van der Waals surface area contributed by atoms with Gasteiger partial charge < -0.3 is 5.73 Å². The van der Waals surface area contributed by atoms with Crippen LogP contribution in [0.4, 0.5) is 4.39 Å². The summed E-state index contributed by atoms with van der Waals surface area (Å²) < 4.78 is 13.7. The fourth-order valence-corrected chi connectivity index (χ4v) is 2.60. The van der Waals surface area contributed by atoms with E-state index in [1.165, 1.54) is 12.1 Å². The van der Waals surface area contributed by atoms with Gasteiger partial charge in [-0.25, -0.2) is 4.39 Å². The summed E-state index contributed by atoms with van der Waals surface area (Å²) in [5.41, 5.74) is 7.98. The van der Waals surface area contributed by atoms with Crippen LogP contribution in [0.1, 0.15) is 17.2 Å². The molecule has 1 atom stereocenters. The van der Waals surface area contributed by atoms with Crippen LogP contribution in [0.2, 0.25) is 10.0 Å². The molecule has 0 aromatic heterocycles. The van der Waals surface area contributed by atoms with Crippen LogP contribution in [0.3, 0.4) is 0 Å². The van der Waals surface area contributed by atoms with Gasteiger partial charge in [0.25, 0.3) is 0 Å². The Balaban J connectivity index is 2.20. The number of benzene rings is 2. The van der Waals surface area contributed by atoms with Crippen LogP contribution in [-0.2, 0) is 6.42 Å². The highest BCUT2D eigenvalue weighted by atomic mass is 79.9. The Labute approximate surface area is 129 Å². The average Bonchev–Trinajstić information content (AvgIpc) is 2.36. The Morgan fingerprint density at radius 3 is 2.47 bits per heavy atom. The Morgan fingerprint density at radius 2 is 1.84 bits per heavy atom. The second-order valence-electron chi connectivity index (χ2n) is 4.22. The zero-order valence-electron chi connectivity index (χ0n) is 9.84. The first-order valence-corrected chi connectivity index (χ1v) is 7.16. The molecule has 1 nitrogen and oxygen atoms in total. The van der Waals surface area contributed by atoms with Crippen LogP contribution in [0.15, 0.2) is 40.9 Å². The van der Waals surface area contributed by atoms with Crippen LogP contribution >= 0.6 is 39.1 Å². The van der Waals surface area contributed by atoms with E-state index >= 15 is 0 Å². The van der Waals surface area contributed by atoms with Gasteiger partial charge in [-0.3, -0.25) is 0 Å². The van der Waals surface area contributed by atoms with Crippen molar-refractivity contribution in [2.24, 2.45) is 5.73 Å². The maximum absolute atomic E-state index is 13.0. The highest BCUT2D eigenvalue weighted by Gasteiger charge is 2.11. The van der Waals surface area contributed by atoms with Gasteiger partial charge in [-0.1, -0.05) is 51.3 Å². The molecule has 2 aromatic carbocycles. The molecule has 0 amide bonds. The molecule has 2 N–H and O–H groups in total. The minimum Gasteiger partial charge on any atom is -0.324 e. The van der Waals surface area contributed by atoms with E-state index in [2.05, 4.69) is 15.9 Å². The van der Waals surface area contributed by atoms with Gasteiger partial charge in [-0.15, -0.1) is 0 Å². The van der Waals surface area contributed by atoms with Crippen molar-refractivity contribution >= 4 is 39.1 Å². The first-order valence-electron chi connectivity index (χ1n) is 5.62. The highest BCUT2D eigenvalue weighted by molar-refractivity contribution is 9.10. The third-order valence-electron chi connectivity index (χ3n) is 2.83. The van der Waals surface area contributed by atoms with Crippen LogP contribution in [-0.4, -0.2) is 0 Å². The molecule has 0 aliphatic carbocycles. The quantitative estimate of drug-likeness (QED) is 0.803. The molecule has 0 radical (unpaired) electrons. The van der Waals surface area contributed by atoms with E-state index in [0.717, 1.165) is 11.1 Å². The second-order valence-corrected chi connectivity index (χ2v) is 5.89. The molecule has 0 bridgehead atoms. The van der Waals surface area contributed by atoms with E-state index in [9.17, 15) is 4.39 Å². The minimum atomic E-state index is -0.279. The number of halogens is 4. The van der Waals surface area contributed by atoms with Crippen molar-refractivity contribution in [3.8, 4) is 0 Å². The van der Waals surface area contributed by atoms with Crippen molar-refractivity contribution in [1.82, 2.24) is 0 Å². The predicted octanol–water partition coefficient (Wildman–Crippen LogP) is 5.14. The third kappa shape index (κ3) is 3.69. The number of hydrogen-bond acceptors (Lipinski definition) is 1. The van der Waals surface area contributed by atoms with Gasteiger partial charge in [-0.2, -0.15) is 0 Å². The summed E-state index contributed by atoms with van der Waals surface area (Å²) in [5.74, 6) is -0.279. The molecular formula is C14H11BrCl2FN. The van der Waals surface area contributed by atoms with Crippen molar-refractivity contribution in [3.05, 3.63) is 67.9 Å². The van der Waals surface area contributed by atoms with Gasteiger partial charge in [0.2, 0.25) is 0 Å². The Kier molecular flexibility index (Phi) is 4.85. The monoisotopic (exact) mass is 361 g/mol. The van der Waals surface area contributed by atoms with Crippen LogP contribution in [0, 0.1) is 5.82 Å². The van der Waals surface area contributed by atoms with E-state index in [1.54, 1.807) is 18.2 Å². The maximum atomic E-state index is 13.0. The SMILES string of the molecule is NC(Cc1ccc(F)cc1Br)c1ccc(Cl)c(Cl)c1. The molecule has 100 valence electrons. The van der Waals surface area contributed by atoms with Gasteiger partial charge >= 0.3 is 0 Å². The summed E-state index contributed by atoms with van der Waals surface area (Å²) >= 11 is 15.2. The van der Waals surface area contributed by atoms with Gasteiger partial charge in [0.15, 0.2) is 0 Å². The summed E-state index contributed by atoms with van der Waals surface area (Å²) in [6, 6.07) is 9.66. The molecule has 0 spiro atoms. The molecule has 2 rings (SSSR count). The summed E-state index contributed by atoms with van der Waals surface area (Å²) in [6.07, 6.45) is 0.582. The first kappa shape index (κ1) is 14.8. The van der Waals surface area contributed by atoms with Gasteiger partial charge in [-0.05, 0) is 41.8 Å². The molecule has 2 aromatic rings. The van der Waals surface area contributed by atoms with Crippen LogP contribution in [0.5, 0.6) is 0 Å². The van der Waals surface area contributed by atoms with Crippen molar-refractivity contribution in [1.29, 1.82) is 0 Å². The molecule has 0 saturated carbocycles. The van der Waals surface area contributed by atoms with E-state index in [4.69, 9.17) is 28.9 Å². The second kappa shape index (κ2) is 6.23. The maximum Gasteiger partial charge on any atom is 0.124 e. The van der Waals surface area contributed by atoms with Crippen molar-refractivity contribution in [3.63, 3.8) is 0 Å². The van der Waals surface area contributed by atoms with Crippen LogP contribution < -0.4 is 5.73 Å². The standard InChI is InChI=1S/C14H11BrCl2FN/c15-11-7-10(18)3-1-8(11)6-14(19)9-2-4-12(16)13(17)5-9/h1-5,7,14H,6,19H2. The highest BCUT2D eigenvalue weighted by Crippen LogP contribution is 2.28. The number of hydrogen-bond donors (Lipinski definition) is 1. The molecule has 5 heteroatoms. The van der Waals surface area contributed by atoms with Crippen molar-refractivity contribution in [2.45, 2.75) is 12.5 Å². The molecular weight excluding hydrogens is 352 g/mol. The van der Waals surface area contributed by atoms with Gasteiger partial charge in [0.1, 0.15) is 5.82 Å². The lowest BCUT2D eigenvalue weighted by Crippen LogP contribution is -2.13. The minimum absolute atomic E-state index is 0.225. The Hall–Kier alpha value is -0.610. The van der Waals surface area contributed by atoms with E-state index in [-0.39, 0.29) is 11.9 Å². The lowest BCUT2D eigenvalue weighted by Gasteiger charge is -2.14. The zero-order valence-corrected chi connectivity index (χ0v) is 12.9. The molecule has 19 heavy (non-hydrogen) atoms. The fourth-order valence-electron chi connectivity index (χ4n) is 1.79. The molecule has 0 fully saturated rings. The Bertz CT molecular complexity index is 604. The lowest BCUT2D eigenvalue weighted by molar-refractivity contribution is 0.624. The number of nitrogens with two attached hydrogens (primary N) is 1. The van der Waals surface area contributed by atoms with E-state index in [0.29, 0.717) is 20.9 Å². The average molecular weight is 363 g/mol. The molecule has 1 unspecified atom stereocenters. The topological polar surface area (TPSA) is 26.0 Å². The lowest BCUT2D eigenvalue weighted by atomic mass is 10.00. The van der Waals surface area contributed by atoms with Crippen LogP contribution in [0.25, 0.3) is 0 Å². The fraction of sp³-hybridized carbons (Fsp3) is 0.143. The number of rotatable bonds is 3. The van der Waals surface area contributed by atoms with Gasteiger partial charge in [0.05, 0.1) is 10.0 Å². The third-order valence-corrected chi connectivity index (χ3v) is 4.30. The predicted molar refractivity (Wildman–Crippen MR) is 81.2 cm³/mol. The zero-order chi connectivity index (χ0) is 14.0. The van der Waals surface area contributed by atoms with E-state index < -0.39 is 0 Å². The molecule has 0 saturated heterocycles. The molecule has 0 aliphatic rings. The molecule has 0 aliphatic heterocycles. The Morgan fingerprint density at radius 1 is 1.11 bits per heavy atom. The normalized spacial score (nSPS) is 12.5. The van der Waals surface area contributed by atoms with Gasteiger partial charge in [0, 0.05) is 10.5 Å². The van der Waals surface area contributed by atoms with Crippen molar-refractivity contribution in [2.75, 3.05) is 0 Å². The largest absolute Gasteiger partial charge is 0.324 e. The van der Waals surface area contributed by atoms with E-state index in [1.807, 2.05) is 6.07 Å². The summed E-state index contributed by atoms with van der Waals surface area (Å²) in [5, 5.41) is 0.980.